The highest BCUT2D eigenvalue weighted by molar-refractivity contribution is 6.30. The Balaban J connectivity index is 1.24. The van der Waals surface area contributed by atoms with E-state index in [9.17, 15) is 9.59 Å². The van der Waals surface area contributed by atoms with Gasteiger partial charge in [-0.1, -0.05) is 42.8 Å². The molecule has 6 nitrogen and oxygen atoms in total. The van der Waals surface area contributed by atoms with Crippen molar-refractivity contribution in [1.82, 2.24) is 9.80 Å². The zero-order valence-electron chi connectivity index (χ0n) is 19.8. The monoisotopic (exact) mass is 488 g/mol. The number of rotatable bonds is 6. The lowest BCUT2D eigenvalue weighted by molar-refractivity contribution is 0.0738. The molecule has 3 aromatic carbocycles. The molecule has 1 fully saturated rings. The smallest absolute Gasteiger partial charge is 0.256 e. The molecule has 2 heterocycles. The normalized spacial score (nSPS) is 17.5. The first-order valence-electron chi connectivity index (χ1n) is 12.1. The Kier molecular flexibility index (Phi) is 6.64. The Hall–Kier alpha value is -3.51. The van der Waals surface area contributed by atoms with Crippen LogP contribution in [0.5, 0.6) is 0 Å². The second-order valence-electron chi connectivity index (χ2n) is 8.97. The van der Waals surface area contributed by atoms with Gasteiger partial charge in [0.2, 0.25) is 0 Å². The highest BCUT2D eigenvalue weighted by atomic mass is 35.5. The number of piperazine rings is 1. The van der Waals surface area contributed by atoms with E-state index in [1.54, 1.807) is 0 Å². The second-order valence-corrected chi connectivity index (χ2v) is 9.41. The van der Waals surface area contributed by atoms with Gasteiger partial charge in [0, 0.05) is 65.8 Å². The van der Waals surface area contributed by atoms with Gasteiger partial charge in [-0.2, -0.15) is 0 Å². The molecule has 2 aliphatic rings. The number of benzene rings is 3. The standard InChI is InChI=1S/C28H29ClN4O2/c1-2-14-33-26(24-8-3-4-9-25(24)28(33)35)30-22-12-10-20(11-13-22)27(34)32-17-15-31(16-18-32)23-7-5-6-21(29)19-23/h3-13,19,26,30H,2,14-18H2,1H3/t26-/m0/s1. The van der Waals surface area contributed by atoms with E-state index in [2.05, 4.69) is 17.1 Å². The van der Waals surface area contributed by atoms with Crippen LogP contribution in [-0.2, 0) is 0 Å². The van der Waals surface area contributed by atoms with Crippen LogP contribution in [0, 0.1) is 0 Å². The number of fused-ring (bicyclic) bond motifs is 1. The predicted molar refractivity (Wildman–Crippen MR) is 140 cm³/mol. The average molecular weight is 489 g/mol. The lowest BCUT2D eigenvalue weighted by Crippen LogP contribution is -2.48. The Labute approximate surface area is 211 Å². The van der Waals surface area contributed by atoms with E-state index < -0.39 is 0 Å². The van der Waals surface area contributed by atoms with Gasteiger partial charge in [0.05, 0.1) is 0 Å². The summed E-state index contributed by atoms with van der Waals surface area (Å²) in [6.45, 7) is 5.63. The SMILES string of the molecule is CCCN1C(=O)c2ccccc2[C@H]1Nc1ccc(C(=O)N2CCN(c3cccc(Cl)c3)CC2)cc1. The maximum absolute atomic E-state index is 13.1. The number of carbonyl (C=O) groups excluding carboxylic acids is 2. The van der Waals surface area contributed by atoms with Crippen molar-refractivity contribution in [2.45, 2.75) is 19.5 Å². The van der Waals surface area contributed by atoms with E-state index in [0.29, 0.717) is 25.2 Å². The van der Waals surface area contributed by atoms with Crippen molar-refractivity contribution in [2.24, 2.45) is 0 Å². The number of hydrogen-bond donors (Lipinski definition) is 1. The molecule has 0 saturated carbocycles. The largest absolute Gasteiger partial charge is 0.368 e. The molecule has 0 unspecified atom stereocenters. The van der Waals surface area contributed by atoms with Crippen molar-refractivity contribution in [3.05, 3.63) is 94.5 Å². The molecule has 7 heteroatoms. The average Bonchev–Trinajstić information content (AvgIpc) is 3.15. The third kappa shape index (κ3) is 4.71. The first kappa shape index (κ1) is 23.2. The lowest BCUT2D eigenvalue weighted by Gasteiger charge is -2.36. The van der Waals surface area contributed by atoms with E-state index in [1.165, 1.54) is 0 Å². The van der Waals surface area contributed by atoms with Gasteiger partial charge in [0.15, 0.2) is 0 Å². The third-order valence-electron chi connectivity index (χ3n) is 6.70. The van der Waals surface area contributed by atoms with Gasteiger partial charge in [0.25, 0.3) is 11.8 Å². The van der Waals surface area contributed by atoms with Crippen LogP contribution >= 0.6 is 11.6 Å². The van der Waals surface area contributed by atoms with Crippen LogP contribution < -0.4 is 10.2 Å². The quantitative estimate of drug-likeness (QED) is 0.513. The summed E-state index contributed by atoms with van der Waals surface area (Å²) in [5.74, 6) is 0.0972. The minimum atomic E-state index is -0.209. The van der Waals surface area contributed by atoms with Gasteiger partial charge in [0.1, 0.15) is 6.17 Å². The fraction of sp³-hybridized carbons (Fsp3) is 0.286. The summed E-state index contributed by atoms with van der Waals surface area (Å²) in [4.78, 5) is 32.0. The summed E-state index contributed by atoms with van der Waals surface area (Å²) in [6.07, 6.45) is 0.676. The zero-order valence-corrected chi connectivity index (χ0v) is 20.5. The molecule has 1 atom stereocenters. The number of anilines is 2. The fourth-order valence-electron chi connectivity index (χ4n) is 4.89. The summed E-state index contributed by atoms with van der Waals surface area (Å²) >= 11 is 6.13. The van der Waals surface area contributed by atoms with Crippen LogP contribution in [0.3, 0.4) is 0 Å². The van der Waals surface area contributed by atoms with Crippen LogP contribution in [0.1, 0.15) is 45.8 Å². The molecule has 2 aliphatic heterocycles. The second kappa shape index (κ2) is 10.0. The van der Waals surface area contributed by atoms with E-state index in [1.807, 2.05) is 82.6 Å². The van der Waals surface area contributed by atoms with Gasteiger partial charge in [-0.05, 0) is 55.0 Å². The molecule has 180 valence electrons. The van der Waals surface area contributed by atoms with E-state index >= 15 is 0 Å². The number of halogens is 1. The Bertz CT molecular complexity index is 1220. The van der Waals surface area contributed by atoms with E-state index in [-0.39, 0.29) is 18.0 Å². The first-order valence-corrected chi connectivity index (χ1v) is 12.5. The molecular formula is C28H29ClN4O2. The Morgan fingerprint density at radius 3 is 2.43 bits per heavy atom. The molecule has 0 bridgehead atoms. The fourth-order valence-corrected chi connectivity index (χ4v) is 5.07. The number of amides is 2. The third-order valence-corrected chi connectivity index (χ3v) is 6.93. The summed E-state index contributed by atoms with van der Waals surface area (Å²) in [6, 6.07) is 23.1. The summed E-state index contributed by atoms with van der Waals surface area (Å²) < 4.78 is 0. The van der Waals surface area contributed by atoms with Gasteiger partial charge in [-0.3, -0.25) is 9.59 Å². The minimum absolute atomic E-state index is 0.0382. The van der Waals surface area contributed by atoms with Crippen molar-refractivity contribution in [2.75, 3.05) is 42.9 Å². The zero-order chi connectivity index (χ0) is 24.4. The van der Waals surface area contributed by atoms with E-state index in [4.69, 9.17) is 11.6 Å². The van der Waals surface area contributed by atoms with Gasteiger partial charge >= 0.3 is 0 Å². The molecule has 0 radical (unpaired) electrons. The minimum Gasteiger partial charge on any atom is -0.368 e. The number of carbonyl (C=O) groups is 2. The van der Waals surface area contributed by atoms with Crippen molar-refractivity contribution in [3.63, 3.8) is 0 Å². The molecule has 3 aromatic rings. The van der Waals surface area contributed by atoms with Gasteiger partial charge in [-0.25, -0.2) is 0 Å². The van der Waals surface area contributed by atoms with Crippen LogP contribution in [0.25, 0.3) is 0 Å². The molecular weight excluding hydrogens is 460 g/mol. The topological polar surface area (TPSA) is 55.9 Å². The highest BCUT2D eigenvalue weighted by Gasteiger charge is 2.35. The van der Waals surface area contributed by atoms with Gasteiger partial charge in [-0.15, -0.1) is 0 Å². The van der Waals surface area contributed by atoms with Crippen LogP contribution in [-0.4, -0.2) is 54.3 Å². The van der Waals surface area contributed by atoms with Gasteiger partial charge < -0.3 is 20.0 Å². The van der Waals surface area contributed by atoms with Crippen molar-refractivity contribution in [3.8, 4) is 0 Å². The highest BCUT2D eigenvalue weighted by Crippen LogP contribution is 2.34. The number of nitrogens with zero attached hydrogens (tertiary/aromatic N) is 3. The predicted octanol–water partition coefficient (Wildman–Crippen LogP) is 5.28. The molecule has 0 aromatic heterocycles. The van der Waals surface area contributed by atoms with Crippen LogP contribution in [0.2, 0.25) is 5.02 Å². The summed E-state index contributed by atoms with van der Waals surface area (Å²) in [5, 5.41) is 4.22. The van der Waals surface area contributed by atoms with Crippen molar-refractivity contribution >= 4 is 34.8 Å². The molecule has 1 N–H and O–H groups in total. The molecule has 0 aliphatic carbocycles. The van der Waals surface area contributed by atoms with Crippen molar-refractivity contribution < 1.29 is 9.59 Å². The number of hydrogen-bond acceptors (Lipinski definition) is 4. The Morgan fingerprint density at radius 1 is 0.971 bits per heavy atom. The van der Waals surface area contributed by atoms with Crippen molar-refractivity contribution in [1.29, 1.82) is 0 Å². The molecule has 0 spiro atoms. The number of nitrogens with one attached hydrogen (secondary N) is 1. The maximum Gasteiger partial charge on any atom is 0.256 e. The summed E-state index contributed by atoms with van der Waals surface area (Å²) in [5.41, 5.74) is 4.37. The molecule has 2 amide bonds. The molecule has 5 rings (SSSR count). The van der Waals surface area contributed by atoms with Crippen LogP contribution in [0.4, 0.5) is 11.4 Å². The summed E-state index contributed by atoms with van der Waals surface area (Å²) in [7, 11) is 0. The lowest BCUT2D eigenvalue weighted by atomic mass is 10.1. The molecule has 35 heavy (non-hydrogen) atoms. The van der Waals surface area contributed by atoms with Crippen LogP contribution in [0.15, 0.2) is 72.8 Å². The first-order chi connectivity index (χ1) is 17.0. The van der Waals surface area contributed by atoms with E-state index in [0.717, 1.165) is 47.0 Å². The molecule has 1 saturated heterocycles. The maximum atomic E-state index is 13.1. The Morgan fingerprint density at radius 2 is 1.71 bits per heavy atom.